The monoisotopic (exact) mass is 668 g/mol. The van der Waals surface area contributed by atoms with Gasteiger partial charge in [0.2, 0.25) is 0 Å². The number of allylic oxidation sites excluding steroid dienone is 1. The summed E-state index contributed by atoms with van der Waals surface area (Å²) in [5, 5.41) is 9.31. The van der Waals surface area contributed by atoms with Gasteiger partial charge < -0.3 is 4.57 Å². The topological polar surface area (TPSA) is 17.8 Å². The molecule has 0 saturated carbocycles. The molecule has 52 heavy (non-hydrogen) atoms. The number of aromatic nitrogens is 2. The van der Waals surface area contributed by atoms with Crippen molar-refractivity contribution in [3.8, 4) is 27.9 Å². The molecule has 1 aliphatic carbocycles. The SMILES string of the molecule is CC1CC(c2cc(-c3ccc(-c4cccnc4)cc3)c3ccc4cc(C(C)(C)C)cc5ccc2c3c54)=Cc2c1n(-c1ccccc1)c1ccccc21. The van der Waals surface area contributed by atoms with Gasteiger partial charge in [-0.15, -0.1) is 0 Å². The minimum atomic E-state index is 0.0659. The summed E-state index contributed by atoms with van der Waals surface area (Å²) in [6, 6.07) is 49.8. The van der Waals surface area contributed by atoms with Crippen LogP contribution >= 0.6 is 0 Å². The van der Waals surface area contributed by atoms with Crippen molar-refractivity contribution in [2.24, 2.45) is 0 Å². The van der Waals surface area contributed by atoms with Gasteiger partial charge in [-0.05, 0) is 120 Å². The fourth-order valence-corrected chi connectivity index (χ4v) is 8.85. The minimum Gasteiger partial charge on any atom is -0.313 e. The molecule has 9 aromatic rings. The number of fused-ring (bicyclic) bond motifs is 3. The van der Waals surface area contributed by atoms with E-state index in [9.17, 15) is 0 Å². The van der Waals surface area contributed by atoms with E-state index < -0.39 is 0 Å². The summed E-state index contributed by atoms with van der Waals surface area (Å²) in [6.07, 6.45) is 7.25. The zero-order valence-corrected chi connectivity index (χ0v) is 30.1. The molecule has 10 rings (SSSR count). The van der Waals surface area contributed by atoms with Crippen LogP contribution in [-0.2, 0) is 5.41 Å². The maximum absolute atomic E-state index is 4.37. The van der Waals surface area contributed by atoms with Crippen LogP contribution in [0.25, 0.3) is 82.8 Å². The van der Waals surface area contributed by atoms with Gasteiger partial charge in [0, 0.05) is 40.6 Å². The summed E-state index contributed by atoms with van der Waals surface area (Å²) in [4.78, 5) is 4.37. The van der Waals surface area contributed by atoms with Crippen LogP contribution in [0.2, 0.25) is 0 Å². The zero-order chi connectivity index (χ0) is 35.1. The Hall–Kier alpha value is -5.99. The van der Waals surface area contributed by atoms with Crippen molar-refractivity contribution < 1.29 is 0 Å². The molecular formula is C50H40N2. The van der Waals surface area contributed by atoms with Gasteiger partial charge in [-0.1, -0.05) is 131 Å². The number of rotatable bonds is 4. The summed E-state index contributed by atoms with van der Waals surface area (Å²) in [5.41, 5.74) is 14.2. The summed E-state index contributed by atoms with van der Waals surface area (Å²) >= 11 is 0. The molecule has 0 aliphatic heterocycles. The van der Waals surface area contributed by atoms with Gasteiger partial charge in [0.1, 0.15) is 0 Å². The first-order valence-electron chi connectivity index (χ1n) is 18.5. The lowest BCUT2D eigenvalue weighted by Crippen LogP contribution is -2.11. The quantitative estimate of drug-likeness (QED) is 0.171. The molecule has 250 valence electrons. The Labute approximate surface area is 305 Å². The second-order valence-electron chi connectivity index (χ2n) is 15.7. The number of hydrogen-bond donors (Lipinski definition) is 0. The van der Waals surface area contributed by atoms with Gasteiger partial charge in [0.15, 0.2) is 0 Å². The van der Waals surface area contributed by atoms with Crippen molar-refractivity contribution in [3.05, 3.63) is 168 Å². The molecule has 0 N–H and O–H groups in total. The number of para-hydroxylation sites is 2. The fourth-order valence-electron chi connectivity index (χ4n) is 8.85. The first-order valence-corrected chi connectivity index (χ1v) is 18.5. The van der Waals surface area contributed by atoms with Crippen LogP contribution in [0.3, 0.4) is 0 Å². The third-order valence-electron chi connectivity index (χ3n) is 11.4. The predicted molar refractivity (Wildman–Crippen MR) is 222 cm³/mol. The standard InChI is InChI=1S/C50H40N2/c1-31-25-37(28-45-40-14-8-9-15-46(40)52(49(31)45)39-12-6-5-7-13-39)44-29-43(33-18-16-32(17-19-33)36-11-10-24-51-30-36)41-22-20-34-26-38(50(2,3)4)27-35-21-23-42(44)48(41)47(34)35/h5-24,26-31H,25H2,1-4H3. The highest BCUT2D eigenvalue weighted by atomic mass is 15.0. The van der Waals surface area contributed by atoms with E-state index in [0.29, 0.717) is 5.92 Å². The van der Waals surface area contributed by atoms with Crippen LogP contribution in [0.1, 0.15) is 62.4 Å². The van der Waals surface area contributed by atoms with Gasteiger partial charge >= 0.3 is 0 Å². The second-order valence-corrected chi connectivity index (χ2v) is 15.7. The van der Waals surface area contributed by atoms with E-state index in [-0.39, 0.29) is 5.41 Å². The van der Waals surface area contributed by atoms with Crippen molar-refractivity contribution in [1.29, 1.82) is 0 Å². The lowest BCUT2D eigenvalue weighted by Gasteiger charge is -2.26. The molecule has 0 saturated heterocycles. The van der Waals surface area contributed by atoms with E-state index in [4.69, 9.17) is 0 Å². The van der Waals surface area contributed by atoms with Crippen LogP contribution in [0.5, 0.6) is 0 Å². The maximum atomic E-state index is 4.37. The Morgan fingerprint density at radius 3 is 2.02 bits per heavy atom. The summed E-state index contributed by atoms with van der Waals surface area (Å²) in [6.45, 7) is 9.34. The highest BCUT2D eigenvalue weighted by Gasteiger charge is 2.28. The first kappa shape index (κ1) is 30.8. The lowest BCUT2D eigenvalue weighted by atomic mass is 9.79. The van der Waals surface area contributed by atoms with Gasteiger partial charge in [-0.3, -0.25) is 4.98 Å². The molecular weight excluding hydrogens is 629 g/mol. The van der Waals surface area contributed by atoms with E-state index >= 15 is 0 Å². The third kappa shape index (κ3) is 4.74. The number of pyridine rings is 1. The number of nitrogens with zero attached hydrogens (tertiary/aromatic N) is 2. The van der Waals surface area contributed by atoms with Crippen molar-refractivity contribution in [2.75, 3.05) is 0 Å². The molecule has 0 bridgehead atoms. The molecule has 7 aromatic carbocycles. The molecule has 1 atom stereocenters. The van der Waals surface area contributed by atoms with Gasteiger partial charge in [0.05, 0.1) is 5.52 Å². The zero-order valence-electron chi connectivity index (χ0n) is 30.1. The molecule has 0 spiro atoms. The summed E-state index contributed by atoms with van der Waals surface area (Å²) in [7, 11) is 0. The fraction of sp³-hybridized carbons (Fsp3) is 0.140. The maximum Gasteiger partial charge on any atom is 0.0537 e. The smallest absolute Gasteiger partial charge is 0.0537 e. The van der Waals surface area contributed by atoms with Crippen molar-refractivity contribution >= 4 is 54.9 Å². The molecule has 2 heterocycles. The number of benzene rings is 7. The van der Waals surface area contributed by atoms with Crippen LogP contribution in [0, 0.1) is 0 Å². The Bertz CT molecular complexity index is 2810. The average molecular weight is 669 g/mol. The van der Waals surface area contributed by atoms with Crippen LogP contribution in [0.4, 0.5) is 0 Å². The second kappa shape index (κ2) is 11.5. The van der Waals surface area contributed by atoms with Crippen LogP contribution < -0.4 is 0 Å². The molecule has 2 aromatic heterocycles. The number of hydrogen-bond acceptors (Lipinski definition) is 1. The Balaban J connectivity index is 1.25. The first-order chi connectivity index (χ1) is 25.3. The third-order valence-corrected chi connectivity index (χ3v) is 11.4. The predicted octanol–water partition coefficient (Wildman–Crippen LogP) is 13.6. The van der Waals surface area contributed by atoms with Gasteiger partial charge in [0.25, 0.3) is 0 Å². The van der Waals surface area contributed by atoms with Gasteiger partial charge in [-0.25, -0.2) is 0 Å². The van der Waals surface area contributed by atoms with Crippen molar-refractivity contribution in [2.45, 2.75) is 45.4 Å². The Morgan fingerprint density at radius 1 is 0.615 bits per heavy atom. The normalized spacial score (nSPS) is 14.8. The molecule has 1 unspecified atom stereocenters. The summed E-state index contributed by atoms with van der Waals surface area (Å²) in [5.74, 6) is 0.331. The van der Waals surface area contributed by atoms with E-state index in [0.717, 1.165) is 12.0 Å². The van der Waals surface area contributed by atoms with E-state index in [2.05, 4.69) is 171 Å². The molecule has 0 fully saturated rings. The lowest BCUT2D eigenvalue weighted by molar-refractivity contribution is 0.591. The molecule has 0 amide bonds. The van der Waals surface area contributed by atoms with Crippen molar-refractivity contribution in [1.82, 2.24) is 9.55 Å². The van der Waals surface area contributed by atoms with Crippen molar-refractivity contribution in [3.63, 3.8) is 0 Å². The van der Waals surface area contributed by atoms with Gasteiger partial charge in [-0.2, -0.15) is 0 Å². The van der Waals surface area contributed by atoms with E-state index in [1.807, 2.05) is 18.5 Å². The van der Waals surface area contributed by atoms with E-state index in [1.165, 1.54) is 93.6 Å². The largest absolute Gasteiger partial charge is 0.313 e. The van der Waals surface area contributed by atoms with E-state index in [1.54, 1.807) is 0 Å². The Kier molecular flexibility index (Phi) is 6.82. The molecule has 2 nitrogen and oxygen atoms in total. The van der Waals surface area contributed by atoms with Crippen LogP contribution in [0.15, 0.2) is 146 Å². The molecule has 0 radical (unpaired) electrons. The minimum absolute atomic E-state index is 0.0659. The Morgan fingerprint density at radius 2 is 1.31 bits per heavy atom. The molecule has 2 heteroatoms. The highest BCUT2D eigenvalue weighted by Crippen LogP contribution is 2.49. The van der Waals surface area contributed by atoms with Crippen LogP contribution in [-0.4, -0.2) is 9.55 Å². The average Bonchev–Trinajstić information content (AvgIpc) is 3.52. The highest BCUT2D eigenvalue weighted by molar-refractivity contribution is 6.27. The summed E-state index contributed by atoms with van der Waals surface area (Å²) < 4.78 is 2.49. The molecule has 1 aliphatic rings.